The molecule has 25 heavy (non-hydrogen) atoms. The fourth-order valence-corrected chi connectivity index (χ4v) is 3.52. The van der Waals surface area contributed by atoms with Crippen LogP contribution in [-0.2, 0) is 4.74 Å². The summed E-state index contributed by atoms with van der Waals surface area (Å²) in [6.45, 7) is 5.56. The number of anilines is 1. The minimum atomic E-state index is -0.451. The van der Waals surface area contributed by atoms with Crippen molar-refractivity contribution >= 4 is 16.6 Å². The molecule has 1 aliphatic heterocycles. The Hall–Kier alpha value is -2.16. The molecule has 0 saturated carbocycles. The molecule has 3 rings (SSSR count). The molecule has 0 radical (unpaired) electrons. The summed E-state index contributed by atoms with van der Waals surface area (Å²) in [5, 5.41) is 20.8. The van der Waals surface area contributed by atoms with E-state index in [-0.39, 0.29) is 12.2 Å². The van der Waals surface area contributed by atoms with Gasteiger partial charge in [-0.2, -0.15) is 5.26 Å². The number of ether oxygens (including phenoxy) is 1. The molecule has 1 aromatic heterocycles. The topological polar surface area (TPSA) is 69.4 Å². The van der Waals surface area contributed by atoms with E-state index in [1.165, 1.54) is 0 Å². The fraction of sp³-hybridized carbons (Fsp3) is 0.500. The van der Waals surface area contributed by atoms with Crippen LogP contribution in [0.4, 0.5) is 5.69 Å². The zero-order valence-electron chi connectivity index (χ0n) is 14.9. The monoisotopic (exact) mass is 339 g/mol. The third-order valence-electron chi connectivity index (χ3n) is 4.78. The van der Waals surface area contributed by atoms with Crippen LogP contribution < -0.4 is 4.90 Å². The number of aliphatic hydroxyl groups excluding tert-OH is 1. The first kappa shape index (κ1) is 17.7. The van der Waals surface area contributed by atoms with Crippen molar-refractivity contribution in [1.82, 2.24) is 4.98 Å². The van der Waals surface area contributed by atoms with E-state index >= 15 is 0 Å². The second-order valence-corrected chi connectivity index (χ2v) is 6.74. The standard InChI is InChI=1S/C20H25N3O2/c1-3-4-7-18(24)19-13-23(12-14(2)25-19)17-9-8-15(11-21)20-16(17)6-5-10-22-20/h5-6,8-10,14,18-19,24H,3-4,7,12-13H2,1-2H3/t14-,18+,19-/m1/s1. The zero-order valence-corrected chi connectivity index (χ0v) is 14.9. The van der Waals surface area contributed by atoms with Gasteiger partial charge in [0.25, 0.3) is 0 Å². The van der Waals surface area contributed by atoms with E-state index in [0.29, 0.717) is 12.1 Å². The minimum absolute atomic E-state index is 0.0393. The van der Waals surface area contributed by atoms with E-state index in [2.05, 4.69) is 22.9 Å². The molecule has 1 saturated heterocycles. The van der Waals surface area contributed by atoms with Gasteiger partial charge in [0.15, 0.2) is 0 Å². The molecule has 0 spiro atoms. The number of aliphatic hydroxyl groups is 1. The molecule has 2 aromatic rings. The maximum Gasteiger partial charge on any atom is 0.101 e. The van der Waals surface area contributed by atoms with Crippen molar-refractivity contribution in [2.75, 3.05) is 18.0 Å². The Morgan fingerprint density at radius 3 is 3.00 bits per heavy atom. The first-order chi connectivity index (χ1) is 12.1. The summed E-state index contributed by atoms with van der Waals surface area (Å²) in [4.78, 5) is 6.64. The number of fused-ring (bicyclic) bond motifs is 1. The summed E-state index contributed by atoms with van der Waals surface area (Å²) in [7, 11) is 0. The average Bonchev–Trinajstić information content (AvgIpc) is 2.64. The Bertz CT molecular complexity index is 771. The molecule has 1 fully saturated rings. The van der Waals surface area contributed by atoms with E-state index in [4.69, 9.17) is 4.74 Å². The summed E-state index contributed by atoms with van der Waals surface area (Å²) in [6.07, 6.45) is 3.93. The second kappa shape index (κ2) is 7.81. The van der Waals surface area contributed by atoms with Gasteiger partial charge in [-0.3, -0.25) is 4.98 Å². The van der Waals surface area contributed by atoms with Gasteiger partial charge in [0.1, 0.15) is 12.2 Å². The van der Waals surface area contributed by atoms with Crippen LogP contribution in [0.25, 0.3) is 10.9 Å². The molecular weight excluding hydrogens is 314 g/mol. The van der Waals surface area contributed by atoms with Crippen molar-refractivity contribution in [3.63, 3.8) is 0 Å². The van der Waals surface area contributed by atoms with E-state index in [0.717, 1.165) is 42.4 Å². The molecule has 0 amide bonds. The molecule has 5 nitrogen and oxygen atoms in total. The SMILES string of the molecule is CCCC[C@H](O)[C@H]1CN(c2ccc(C#N)c3ncccc23)C[C@@H](C)O1. The van der Waals surface area contributed by atoms with Crippen molar-refractivity contribution in [1.29, 1.82) is 5.26 Å². The van der Waals surface area contributed by atoms with Crippen molar-refractivity contribution in [2.24, 2.45) is 0 Å². The van der Waals surface area contributed by atoms with Gasteiger partial charge in [-0.15, -0.1) is 0 Å². The van der Waals surface area contributed by atoms with E-state index < -0.39 is 6.10 Å². The summed E-state index contributed by atoms with van der Waals surface area (Å²) >= 11 is 0. The lowest BCUT2D eigenvalue weighted by molar-refractivity contribution is -0.0821. The van der Waals surface area contributed by atoms with Crippen LogP contribution >= 0.6 is 0 Å². The van der Waals surface area contributed by atoms with Gasteiger partial charge in [0.2, 0.25) is 0 Å². The normalized spacial score (nSPS) is 21.9. The predicted molar refractivity (Wildman–Crippen MR) is 98.5 cm³/mol. The van der Waals surface area contributed by atoms with E-state index in [1.54, 1.807) is 6.20 Å². The number of hydrogen-bond acceptors (Lipinski definition) is 5. The Kier molecular flexibility index (Phi) is 5.52. The molecule has 1 N–H and O–H groups in total. The highest BCUT2D eigenvalue weighted by molar-refractivity contribution is 5.95. The van der Waals surface area contributed by atoms with Crippen LogP contribution in [0.15, 0.2) is 30.5 Å². The Balaban J connectivity index is 1.91. The van der Waals surface area contributed by atoms with Crippen molar-refractivity contribution in [3.8, 4) is 6.07 Å². The lowest BCUT2D eigenvalue weighted by Gasteiger charge is -2.40. The van der Waals surface area contributed by atoms with Gasteiger partial charge < -0.3 is 14.7 Å². The third kappa shape index (κ3) is 3.76. The Morgan fingerprint density at radius 1 is 1.40 bits per heavy atom. The smallest absolute Gasteiger partial charge is 0.101 e. The highest BCUT2D eigenvalue weighted by atomic mass is 16.5. The van der Waals surface area contributed by atoms with Crippen molar-refractivity contribution in [2.45, 2.75) is 51.4 Å². The third-order valence-corrected chi connectivity index (χ3v) is 4.78. The van der Waals surface area contributed by atoms with Gasteiger partial charge >= 0.3 is 0 Å². The molecule has 0 unspecified atom stereocenters. The number of rotatable bonds is 5. The van der Waals surface area contributed by atoms with Crippen molar-refractivity contribution in [3.05, 3.63) is 36.0 Å². The quantitative estimate of drug-likeness (QED) is 0.905. The molecule has 5 heteroatoms. The zero-order chi connectivity index (χ0) is 17.8. The molecule has 0 bridgehead atoms. The van der Waals surface area contributed by atoms with Crippen molar-refractivity contribution < 1.29 is 9.84 Å². The first-order valence-electron chi connectivity index (χ1n) is 9.00. The van der Waals surface area contributed by atoms with Crippen LogP contribution in [0, 0.1) is 11.3 Å². The van der Waals surface area contributed by atoms with Crippen LogP contribution in [-0.4, -0.2) is 41.5 Å². The number of aromatic nitrogens is 1. The van der Waals surface area contributed by atoms with Crippen LogP contribution in [0.3, 0.4) is 0 Å². The fourth-order valence-electron chi connectivity index (χ4n) is 3.52. The average molecular weight is 339 g/mol. The number of nitrogens with zero attached hydrogens (tertiary/aromatic N) is 3. The number of morpholine rings is 1. The number of pyridine rings is 1. The molecule has 132 valence electrons. The number of nitriles is 1. The largest absolute Gasteiger partial charge is 0.390 e. The molecule has 2 heterocycles. The van der Waals surface area contributed by atoms with Gasteiger partial charge in [0, 0.05) is 30.4 Å². The summed E-state index contributed by atoms with van der Waals surface area (Å²) in [5.74, 6) is 0. The first-order valence-corrected chi connectivity index (χ1v) is 9.00. The highest BCUT2D eigenvalue weighted by Gasteiger charge is 2.31. The van der Waals surface area contributed by atoms with Crippen LogP contribution in [0.1, 0.15) is 38.7 Å². The molecular formula is C20H25N3O2. The predicted octanol–water partition coefficient (Wildman–Crippen LogP) is 3.25. The Morgan fingerprint density at radius 2 is 2.24 bits per heavy atom. The summed E-state index contributed by atoms with van der Waals surface area (Å²) in [5.41, 5.74) is 2.36. The molecule has 0 aliphatic carbocycles. The highest BCUT2D eigenvalue weighted by Crippen LogP contribution is 2.31. The van der Waals surface area contributed by atoms with Gasteiger partial charge in [-0.1, -0.05) is 19.8 Å². The number of benzene rings is 1. The van der Waals surface area contributed by atoms with Gasteiger partial charge in [-0.25, -0.2) is 0 Å². The second-order valence-electron chi connectivity index (χ2n) is 6.74. The molecule has 1 aliphatic rings. The lowest BCUT2D eigenvalue weighted by Crippen LogP contribution is -2.51. The Labute approximate surface area is 148 Å². The maximum atomic E-state index is 10.5. The number of unbranched alkanes of at least 4 members (excludes halogenated alkanes) is 1. The summed E-state index contributed by atoms with van der Waals surface area (Å²) in [6, 6.07) is 9.92. The summed E-state index contributed by atoms with van der Waals surface area (Å²) < 4.78 is 5.99. The lowest BCUT2D eigenvalue weighted by atomic mass is 10.0. The minimum Gasteiger partial charge on any atom is -0.390 e. The van der Waals surface area contributed by atoms with Gasteiger partial charge in [0.05, 0.1) is 23.3 Å². The molecule has 1 aromatic carbocycles. The van der Waals surface area contributed by atoms with E-state index in [9.17, 15) is 10.4 Å². The number of hydrogen-bond donors (Lipinski definition) is 1. The molecule has 3 atom stereocenters. The maximum absolute atomic E-state index is 10.5. The van der Waals surface area contributed by atoms with E-state index in [1.807, 2.05) is 31.2 Å². The van der Waals surface area contributed by atoms with Crippen LogP contribution in [0.5, 0.6) is 0 Å². The van der Waals surface area contributed by atoms with Crippen LogP contribution in [0.2, 0.25) is 0 Å². The van der Waals surface area contributed by atoms with Gasteiger partial charge in [-0.05, 0) is 37.6 Å².